The fourth-order valence-corrected chi connectivity index (χ4v) is 1.54. The van der Waals surface area contributed by atoms with Crippen LogP contribution in [0, 0.1) is 0 Å². The largest absolute Gasteiger partial charge is 0.481 e. The first-order chi connectivity index (χ1) is 9.52. The number of rotatable bonds is 6. The number of carbonyl (C=O) groups is 3. The summed E-state index contributed by atoms with van der Waals surface area (Å²) in [7, 11) is 1.52. The minimum atomic E-state index is -0.973. The van der Waals surface area contributed by atoms with Gasteiger partial charge in [0.15, 0.2) is 0 Å². The molecule has 0 atom stereocenters. The third-order valence-corrected chi connectivity index (χ3v) is 2.52. The van der Waals surface area contributed by atoms with Gasteiger partial charge in [0.1, 0.15) is 0 Å². The number of carboxylic acids is 1. The number of hydrogen-bond acceptors (Lipinski definition) is 3. The van der Waals surface area contributed by atoms with Gasteiger partial charge in [-0.15, -0.1) is 0 Å². The van der Waals surface area contributed by atoms with Crippen LogP contribution >= 0.6 is 0 Å². The summed E-state index contributed by atoms with van der Waals surface area (Å²) in [6, 6.07) is 6.18. The van der Waals surface area contributed by atoms with Crippen molar-refractivity contribution in [1.82, 2.24) is 10.6 Å². The quantitative estimate of drug-likeness (QED) is 0.610. The summed E-state index contributed by atoms with van der Waals surface area (Å²) in [6.07, 6.45) is 0.00931. The van der Waals surface area contributed by atoms with Crippen molar-refractivity contribution in [2.45, 2.75) is 12.8 Å². The van der Waals surface area contributed by atoms with Crippen molar-refractivity contribution >= 4 is 23.6 Å². The maximum absolute atomic E-state index is 11.6. The molecule has 0 radical (unpaired) electrons. The lowest BCUT2D eigenvalue weighted by atomic mass is 10.1. The second kappa shape index (κ2) is 7.78. The van der Waals surface area contributed by atoms with E-state index in [4.69, 9.17) is 5.11 Å². The third-order valence-electron chi connectivity index (χ3n) is 2.52. The van der Waals surface area contributed by atoms with Crippen molar-refractivity contribution < 1.29 is 19.5 Å². The van der Waals surface area contributed by atoms with Crippen molar-refractivity contribution in [1.29, 1.82) is 0 Å². The molecule has 0 aliphatic rings. The standard InChI is InChI=1S/C13H17N3O4/c1-14-11(17)6-7-15-13(20)16-10-5-3-2-4-9(10)8-12(18)19/h2-5H,6-8H2,1H3,(H,14,17)(H,18,19)(H2,15,16,20). The lowest BCUT2D eigenvalue weighted by Gasteiger charge is -2.10. The Morgan fingerprint density at radius 3 is 2.55 bits per heavy atom. The van der Waals surface area contributed by atoms with Crippen LogP contribution in [0.3, 0.4) is 0 Å². The van der Waals surface area contributed by atoms with Gasteiger partial charge in [0.2, 0.25) is 5.91 Å². The molecule has 1 aromatic carbocycles. The predicted molar refractivity (Wildman–Crippen MR) is 73.5 cm³/mol. The van der Waals surface area contributed by atoms with Crippen molar-refractivity contribution in [3.63, 3.8) is 0 Å². The van der Waals surface area contributed by atoms with Crippen LogP contribution in [0.25, 0.3) is 0 Å². The zero-order chi connectivity index (χ0) is 15.0. The van der Waals surface area contributed by atoms with Gasteiger partial charge in [-0.3, -0.25) is 9.59 Å². The lowest BCUT2D eigenvalue weighted by molar-refractivity contribution is -0.136. The Morgan fingerprint density at radius 1 is 1.20 bits per heavy atom. The van der Waals surface area contributed by atoms with Crippen molar-refractivity contribution in [2.24, 2.45) is 0 Å². The lowest BCUT2D eigenvalue weighted by Crippen LogP contribution is -2.32. The molecule has 3 amide bonds. The van der Waals surface area contributed by atoms with E-state index in [0.29, 0.717) is 11.3 Å². The molecular formula is C13H17N3O4. The highest BCUT2D eigenvalue weighted by Gasteiger charge is 2.09. The van der Waals surface area contributed by atoms with Crippen molar-refractivity contribution in [3.8, 4) is 0 Å². The second-order valence-electron chi connectivity index (χ2n) is 4.03. The number of aliphatic carboxylic acids is 1. The van der Waals surface area contributed by atoms with Gasteiger partial charge < -0.3 is 21.1 Å². The Hall–Kier alpha value is -2.57. The molecule has 0 fully saturated rings. The van der Waals surface area contributed by atoms with Crippen molar-refractivity contribution in [3.05, 3.63) is 29.8 Å². The Balaban J connectivity index is 2.53. The summed E-state index contributed by atoms with van der Waals surface area (Å²) in [5.74, 6) is -1.14. The molecule has 7 nitrogen and oxygen atoms in total. The molecule has 0 bridgehead atoms. The van der Waals surface area contributed by atoms with Gasteiger partial charge >= 0.3 is 12.0 Å². The molecule has 0 saturated heterocycles. The zero-order valence-electron chi connectivity index (χ0n) is 11.1. The monoisotopic (exact) mass is 279 g/mol. The predicted octanol–water partition coefficient (Wildman–Crippen LogP) is 0.571. The van der Waals surface area contributed by atoms with Gasteiger partial charge in [-0.1, -0.05) is 18.2 Å². The number of para-hydroxylation sites is 1. The number of nitrogens with one attached hydrogen (secondary N) is 3. The smallest absolute Gasteiger partial charge is 0.319 e. The minimum Gasteiger partial charge on any atom is -0.481 e. The summed E-state index contributed by atoms with van der Waals surface area (Å²) >= 11 is 0. The van der Waals surface area contributed by atoms with Gasteiger partial charge in [-0.25, -0.2) is 4.79 Å². The van der Waals surface area contributed by atoms with E-state index in [2.05, 4.69) is 16.0 Å². The molecule has 0 aliphatic carbocycles. The molecule has 7 heteroatoms. The van der Waals surface area contributed by atoms with Crippen LogP contribution in [-0.2, 0) is 16.0 Å². The normalized spacial score (nSPS) is 9.65. The van der Waals surface area contributed by atoms with Crippen molar-refractivity contribution in [2.75, 3.05) is 18.9 Å². The van der Waals surface area contributed by atoms with Crippen LogP contribution < -0.4 is 16.0 Å². The van der Waals surface area contributed by atoms with Crippen LogP contribution in [0.15, 0.2) is 24.3 Å². The molecule has 0 aliphatic heterocycles. The van der Waals surface area contributed by atoms with Gasteiger partial charge in [0, 0.05) is 25.7 Å². The number of amides is 3. The van der Waals surface area contributed by atoms with E-state index in [1.807, 2.05) is 0 Å². The molecule has 1 rings (SSSR count). The Labute approximate surface area is 116 Å². The summed E-state index contributed by atoms with van der Waals surface area (Å²) in [4.78, 5) is 33.3. The van der Waals surface area contributed by atoms with E-state index in [0.717, 1.165) is 0 Å². The first-order valence-corrected chi connectivity index (χ1v) is 6.08. The van der Waals surface area contributed by atoms with E-state index >= 15 is 0 Å². The van der Waals surface area contributed by atoms with E-state index in [9.17, 15) is 14.4 Å². The molecule has 20 heavy (non-hydrogen) atoms. The number of anilines is 1. The number of hydrogen-bond donors (Lipinski definition) is 4. The summed E-state index contributed by atoms with van der Waals surface area (Å²) < 4.78 is 0. The SMILES string of the molecule is CNC(=O)CCNC(=O)Nc1ccccc1CC(=O)O. The van der Waals surface area contributed by atoms with E-state index < -0.39 is 12.0 Å². The molecule has 0 heterocycles. The first-order valence-electron chi connectivity index (χ1n) is 6.08. The number of benzene rings is 1. The maximum atomic E-state index is 11.6. The molecule has 0 saturated carbocycles. The molecule has 4 N–H and O–H groups in total. The molecule has 1 aromatic rings. The summed E-state index contributed by atoms with van der Waals surface area (Å²) in [5.41, 5.74) is 0.953. The highest BCUT2D eigenvalue weighted by atomic mass is 16.4. The maximum Gasteiger partial charge on any atom is 0.319 e. The summed E-state index contributed by atoms with van der Waals surface area (Å²) in [6.45, 7) is 0.201. The minimum absolute atomic E-state index is 0.170. The second-order valence-corrected chi connectivity index (χ2v) is 4.03. The Bertz CT molecular complexity index is 502. The average molecular weight is 279 g/mol. The van der Waals surface area contributed by atoms with Gasteiger partial charge in [0.25, 0.3) is 0 Å². The molecule has 0 aromatic heterocycles. The van der Waals surface area contributed by atoms with Crippen LogP contribution in [0.5, 0.6) is 0 Å². The van der Waals surface area contributed by atoms with Crippen LogP contribution in [0.1, 0.15) is 12.0 Å². The average Bonchev–Trinajstić information content (AvgIpc) is 2.40. The Morgan fingerprint density at radius 2 is 1.90 bits per heavy atom. The van der Waals surface area contributed by atoms with E-state index in [-0.39, 0.29) is 25.3 Å². The van der Waals surface area contributed by atoms with Gasteiger partial charge in [0.05, 0.1) is 6.42 Å². The number of carboxylic acid groups (broad SMARTS) is 1. The number of carbonyl (C=O) groups excluding carboxylic acids is 2. The first kappa shape index (κ1) is 15.5. The fraction of sp³-hybridized carbons (Fsp3) is 0.308. The third kappa shape index (κ3) is 5.38. The van der Waals surface area contributed by atoms with Gasteiger partial charge in [-0.05, 0) is 11.6 Å². The van der Waals surface area contributed by atoms with Crippen LogP contribution in [0.2, 0.25) is 0 Å². The van der Waals surface area contributed by atoms with Crippen LogP contribution in [-0.4, -0.2) is 36.6 Å². The summed E-state index contributed by atoms with van der Waals surface area (Å²) in [5, 5.41) is 16.3. The molecule has 0 spiro atoms. The highest BCUT2D eigenvalue weighted by Crippen LogP contribution is 2.15. The molecule has 108 valence electrons. The molecule has 0 unspecified atom stereocenters. The molecular weight excluding hydrogens is 262 g/mol. The highest BCUT2D eigenvalue weighted by molar-refractivity contribution is 5.91. The van der Waals surface area contributed by atoms with Gasteiger partial charge in [-0.2, -0.15) is 0 Å². The fourth-order valence-electron chi connectivity index (χ4n) is 1.54. The van der Waals surface area contributed by atoms with Crippen LogP contribution in [0.4, 0.5) is 10.5 Å². The number of urea groups is 1. The zero-order valence-corrected chi connectivity index (χ0v) is 11.1. The topological polar surface area (TPSA) is 108 Å². The van der Waals surface area contributed by atoms with E-state index in [1.54, 1.807) is 24.3 Å². The van der Waals surface area contributed by atoms with E-state index in [1.165, 1.54) is 7.05 Å². The Kier molecular flexibility index (Phi) is 6.02.